The SMILES string of the molecule is O=CC1CC(Oc2ccc(C(F)(F)F)cc2)CCN1Sc1ccc(OCC2CCCCC2)cc1. The quantitative estimate of drug-likeness (QED) is 0.299. The van der Waals surface area contributed by atoms with E-state index in [4.69, 9.17) is 9.47 Å². The number of piperidine rings is 1. The van der Waals surface area contributed by atoms with E-state index in [9.17, 15) is 18.0 Å². The second-order valence-electron chi connectivity index (χ2n) is 9.01. The number of alkyl halides is 3. The highest BCUT2D eigenvalue weighted by Crippen LogP contribution is 2.34. The number of halogens is 3. The van der Waals surface area contributed by atoms with Crippen LogP contribution in [0.5, 0.6) is 11.5 Å². The van der Waals surface area contributed by atoms with Gasteiger partial charge in [0.15, 0.2) is 0 Å². The van der Waals surface area contributed by atoms with Crippen LogP contribution in [-0.4, -0.2) is 35.9 Å². The highest BCUT2D eigenvalue weighted by atomic mass is 32.2. The van der Waals surface area contributed by atoms with Crippen molar-refractivity contribution in [3.63, 3.8) is 0 Å². The first-order chi connectivity index (χ1) is 16.4. The van der Waals surface area contributed by atoms with Crippen molar-refractivity contribution in [2.45, 2.75) is 68.2 Å². The van der Waals surface area contributed by atoms with Crippen molar-refractivity contribution in [2.75, 3.05) is 13.2 Å². The highest BCUT2D eigenvalue weighted by Gasteiger charge is 2.32. The fourth-order valence-corrected chi connectivity index (χ4v) is 5.50. The summed E-state index contributed by atoms with van der Waals surface area (Å²) >= 11 is 1.53. The Hall–Kier alpha value is -2.19. The Labute approximate surface area is 202 Å². The molecule has 1 saturated carbocycles. The number of carbonyl (C=O) groups excluding carboxylic acids is 1. The van der Waals surface area contributed by atoms with Gasteiger partial charge in [-0.1, -0.05) is 19.3 Å². The molecule has 2 aliphatic rings. The smallest absolute Gasteiger partial charge is 0.416 e. The van der Waals surface area contributed by atoms with Gasteiger partial charge in [0.2, 0.25) is 0 Å². The molecule has 0 aromatic heterocycles. The third kappa shape index (κ3) is 6.92. The second-order valence-corrected chi connectivity index (χ2v) is 10.1. The lowest BCUT2D eigenvalue weighted by molar-refractivity contribution is -0.137. The highest BCUT2D eigenvalue weighted by molar-refractivity contribution is 7.97. The van der Waals surface area contributed by atoms with E-state index in [-0.39, 0.29) is 12.1 Å². The molecule has 184 valence electrons. The molecule has 0 bridgehead atoms. The summed E-state index contributed by atoms with van der Waals surface area (Å²) in [5, 5.41) is 0. The average Bonchev–Trinajstić information content (AvgIpc) is 2.85. The molecule has 2 aromatic carbocycles. The maximum Gasteiger partial charge on any atom is 0.416 e. The molecule has 1 aliphatic carbocycles. The number of benzene rings is 2. The van der Waals surface area contributed by atoms with Crippen molar-refractivity contribution in [2.24, 2.45) is 5.92 Å². The average molecular weight is 494 g/mol. The standard InChI is InChI=1S/C26H30F3NO3S/c27-26(28,29)20-6-8-23(9-7-20)33-24-14-15-30(21(16-24)17-31)34-25-12-10-22(11-13-25)32-18-19-4-2-1-3-5-19/h6-13,17,19,21,24H,1-5,14-16,18H2. The van der Waals surface area contributed by atoms with Gasteiger partial charge in [0.05, 0.1) is 18.2 Å². The van der Waals surface area contributed by atoms with E-state index in [0.29, 0.717) is 31.1 Å². The topological polar surface area (TPSA) is 38.8 Å². The molecule has 2 unspecified atom stereocenters. The number of rotatable bonds is 8. The summed E-state index contributed by atoms with van der Waals surface area (Å²) in [5.41, 5.74) is -0.706. The summed E-state index contributed by atoms with van der Waals surface area (Å²) in [5.74, 6) is 1.90. The van der Waals surface area contributed by atoms with Crippen molar-refractivity contribution in [1.29, 1.82) is 0 Å². The maximum absolute atomic E-state index is 12.7. The van der Waals surface area contributed by atoms with E-state index in [1.165, 1.54) is 56.2 Å². The van der Waals surface area contributed by atoms with Gasteiger partial charge in [-0.15, -0.1) is 0 Å². The molecule has 4 nitrogen and oxygen atoms in total. The summed E-state index contributed by atoms with van der Waals surface area (Å²) in [6, 6.07) is 12.3. The van der Waals surface area contributed by atoms with E-state index >= 15 is 0 Å². The first-order valence-electron chi connectivity index (χ1n) is 11.9. The minimum absolute atomic E-state index is 0.223. The van der Waals surface area contributed by atoms with Gasteiger partial charge in [-0.05, 0) is 85.7 Å². The van der Waals surface area contributed by atoms with Crippen molar-refractivity contribution < 1.29 is 27.4 Å². The van der Waals surface area contributed by atoms with E-state index in [2.05, 4.69) is 0 Å². The van der Waals surface area contributed by atoms with Gasteiger partial charge >= 0.3 is 6.18 Å². The monoisotopic (exact) mass is 493 g/mol. The predicted molar refractivity (Wildman–Crippen MR) is 126 cm³/mol. The molecule has 34 heavy (non-hydrogen) atoms. The van der Waals surface area contributed by atoms with Crippen LogP contribution in [-0.2, 0) is 11.0 Å². The van der Waals surface area contributed by atoms with Crippen molar-refractivity contribution >= 4 is 18.2 Å². The molecule has 8 heteroatoms. The van der Waals surface area contributed by atoms with Crippen molar-refractivity contribution in [3.8, 4) is 11.5 Å². The molecule has 2 fully saturated rings. The van der Waals surface area contributed by atoms with Crippen LogP contribution in [0, 0.1) is 5.92 Å². The Morgan fingerprint density at radius 3 is 2.26 bits per heavy atom. The molecule has 0 N–H and O–H groups in total. The molecule has 0 radical (unpaired) electrons. The van der Waals surface area contributed by atoms with Gasteiger partial charge in [-0.25, -0.2) is 4.31 Å². The molecule has 4 rings (SSSR count). The Morgan fingerprint density at radius 1 is 0.941 bits per heavy atom. The van der Waals surface area contributed by atoms with Crippen LogP contribution in [0.2, 0.25) is 0 Å². The number of ether oxygens (including phenoxy) is 2. The zero-order valence-corrected chi connectivity index (χ0v) is 19.8. The van der Waals surface area contributed by atoms with Crippen LogP contribution in [0.25, 0.3) is 0 Å². The molecular weight excluding hydrogens is 463 g/mol. The number of carbonyl (C=O) groups is 1. The molecule has 1 aliphatic heterocycles. The number of nitrogens with zero attached hydrogens (tertiary/aromatic N) is 1. The second kappa shape index (κ2) is 11.5. The summed E-state index contributed by atoms with van der Waals surface area (Å²) in [6.07, 6.45) is 3.92. The Morgan fingerprint density at radius 2 is 1.62 bits per heavy atom. The minimum atomic E-state index is -4.37. The fraction of sp³-hybridized carbons (Fsp3) is 0.500. The van der Waals surface area contributed by atoms with Crippen LogP contribution >= 0.6 is 11.9 Å². The Balaban J connectivity index is 1.26. The summed E-state index contributed by atoms with van der Waals surface area (Å²) < 4.78 is 52.1. The molecule has 2 aromatic rings. The lowest BCUT2D eigenvalue weighted by atomic mass is 9.90. The third-order valence-electron chi connectivity index (χ3n) is 6.44. The summed E-state index contributed by atoms with van der Waals surface area (Å²) in [7, 11) is 0. The van der Waals surface area contributed by atoms with E-state index in [1.807, 2.05) is 28.6 Å². The van der Waals surface area contributed by atoms with E-state index in [0.717, 1.165) is 35.7 Å². The van der Waals surface area contributed by atoms with Crippen molar-refractivity contribution in [1.82, 2.24) is 4.31 Å². The van der Waals surface area contributed by atoms with Crippen LogP contribution in [0.1, 0.15) is 50.5 Å². The maximum atomic E-state index is 12.7. The molecule has 0 amide bonds. The Bertz CT molecular complexity index is 914. The summed E-state index contributed by atoms with van der Waals surface area (Å²) in [4.78, 5) is 12.8. The first kappa shape index (κ1) is 24.9. The molecule has 0 spiro atoms. The number of aldehydes is 1. The van der Waals surface area contributed by atoms with E-state index < -0.39 is 11.7 Å². The molecule has 1 saturated heterocycles. The van der Waals surface area contributed by atoms with Crippen LogP contribution in [0.4, 0.5) is 13.2 Å². The van der Waals surface area contributed by atoms with Gasteiger partial charge < -0.3 is 14.3 Å². The number of hydrogen-bond donors (Lipinski definition) is 0. The van der Waals surface area contributed by atoms with Gasteiger partial charge in [-0.2, -0.15) is 13.2 Å². The zero-order valence-electron chi connectivity index (χ0n) is 19.0. The van der Waals surface area contributed by atoms with Crippen molar-refractivity contribution in [3.05, 3.63) is 54.1 Å². The molecular formula is C26H30F3NO3S. The largest absolute Gasteiger partial charge is 0.493 e. The number of hydrogen-bond acceptors (Lipinski definition) is 5. The lowest BCUT2D eigenvalue weighted by Gasteiger charge is -2.35. The fourth-order valence-electron chi connectivity index (χ4n) is 4.50. The van der Waals surface area contributed by atoms with Crippen LogP contribution in [0.3, 0.4) is 0 Å². The van der Waals surface area contributed by atoms with Crippen LogP contribution < -0.4 is 9.47 Å². The van der Waals surface area contributed by atoms with Gasteiger partial charge in [0.25, 0.3) is 0 Å². The molecule has 1 heterocycles. The van der Waals surface area contributed by atoms with Gasteiger partial charge in [0.1, 0.15) is 23.9 Å². The van der Waals surface area contributed by atoms with Gasteiger partial charge in [-0.3, -0.25) is 0 Å². The zero-order chi connectivity index (χ0) is 24.0. The van der Waals surface area contributed by atoms with Gasteiger partial charge in [0, 0.05) is 17.9 Å². The minimum Gasteiger partial charge on any atom is -0.493 e. The molecule has 2 atom stereocenters. The third-order valence-corrected chi connectivity index (χ3v) is 7.61. The first-order valence-corrected chi connectivity index (χ1v) is 12.6. The van der Waals surface area contributed by atoms with E-state index in [1.54, 1.807) is 0 Å². The Kier molecular flexibility index (Phi) is 8.42. The van der Waals surface area contributed by atoms with Crippen LogP contribution in [0.15, 0.2) is 53.4 Å². The lowest BCUT2D eigenvalue weighted by Crippen LogP contribution is -2.43. The summed E-state index contributed by atoms with van der Waals surface area (Å²) in [6.45, 7) is 1.41. The predicted octanol–water partition coefficient (Wildman–Crippen LogP) is 6.78. The normalized spacial score (nSPS) is 22.3.